The molecule has 1 N–H and O–H groups in total. The van der Waals surface area contributed by atoms with Crippen molar-refractivity contribution in [2.45, 2.75) is 44.6 Å². The van der Waals surface area contributed by atoms with Gasteiger partial charge < -0.3 is 5.32 Å². The SMILES string of the molecule is c1ccc2c(NC3CCCCCC3)snc2c1. The first-order valence-corrected chi connectivity index (χ1v) is 7.32. The third kappa shape index (κ3) is 2.44. The van der Waals surface area contributed by atoms with Gasteiger partial charge in [0.1, 0.15) is 5.00 Å². The van der Waals surface area contributed by atoms with Crippen molar-refractivity contribution in [3.05, 3.63) is 24.3 Å². The number of fused-ring (bicyclic) bond motifs is 1. The van der Waals surface area contributed by atoms with Crippen LogP contribution in [0.1, 0.15) is 38.5 Å². The Bertz CT molecular complexity index is 484. The van der Waals surface area contributed by atoms with Crippen molar-refractivity contribution in [3.63, 3.8) is 0 Å². The fourth-order valence-electron chi connectivity index (χ4n) is 2.60. The standard InChI is InChI=1S/C14H18N2S/c1-2-4-8-11(7-3-1)15-14-12-9-5-6-10-13(12)16-17-14/h5-6,9-11,15H,1-4,7-8H2. The van der Waals surface area contributed by atoms with E-state index in [0.29, 0.717) is 6.04 Å². The third-order valence-electron chi connectivity index (χ3n) is 3.57. The molecule has 0 aliphatic heterocycles. The van der Waals surface area contributed by atoms with Gasteiger partial charge in [-0.05, 0) is 36.5 Å². The quantitative estimate of drug-likeness (QED) is 0.793. The molecule has 1 aromatic carbocycles. The summed E-state index contributed by atoms with van der Waals surface area (Å²) in [4.78, 5) is 0. The van der Waals surface area contributed by atoms with E-state index in [4.69, 9.17) is 0 Å². The van der Waals surface area contributed by atoms with E-state index in [1.807, 2.05) is 0 Å². The van der Waals surface area contributed by atoms with E-state index in [9.17, 15) is 0 Å². The fraction of sp³-hybridized carbons (Fsp3) is 0.500. The Balaban J connectivity index is 1.79. The summed E-state index contributed by atoms with van der Waals surface area (Å²) in [5, 5.41) is 6.24. The molecule has 1 aliphatic carbocycles. The lowest BCUT2D eigenvalue weighted by Gasteiger charge is -2.15. The molecular formula is C14H18N2S. The van der Waals surface area contributed by atoms with Gasteiger partial charge in [-0.15, -0.1) is 0 Å². The van der Waals surface area contributed by atoms with Crippen LogP contribution in [-0.2, 0) is 0 Å². The Hall–Kier alpha value is -1.09. The smallest absolute Gasteiger partial charge is 0.117 e. The highest BCUT2D eigenvalue weighted by Crippen LogP contribution is 2.30. The Morgan fingerprint density at radius 3 is 2.65 bits per heavy atom. The van der Waals surface area contributed by atoms with Crippen molar-refractivity contribution in [2.24, 2.45) is 0 Å². The predicted molar refractivity (Wildman–Crippen MR) is 74.7 cm³/mol. The maximum atomic E-state index is 4.49. The highest BCUT2D eigenvalue weighted by atomic mass is 32.1. The zero-order valence-corrected chi connectivity index (χ0v) is 10.8. The number of nitrogens with zero attached hydrogens (tertiary/aromatic N) is 1. The number of benzene rings is 1. The Kier molecular flexibility index (Phi) is 3.27. The lowest BCUT2D eigenvalue weighted by atomic mass is 10.1. The van der Waals surface area contributed by atoms with Crippen LogP contribution in [0.15, 0.2) is 24.3 Å². The average molecular weight is 246 g/mol. The number of anilines is 1. The maximum absolute atomic E-state index is 4.49. The maximum Gasteiger partial charge on any atom is 0.117 e. The summed E-state index contributed by atoms with van der Waals surface area (Å²) in [6.45, 7) is 0. The van der Waals surface area contributed by atoms with Gasteiger partial charge in [0.25, 0.3) is 0 Å². The lowest BCUT2D eigenvalue weighted by Crippen LogP contribution is -2.17. The molecule has 1 saturated carbocycles. The van der Waals surface area contributed by atoms with Gasteiger partial charge in [-0.1, -0.05) is 37.8 Å². The van der Waals surface area contributed by atoms with Gasteiger partial charge in [0.05, 0.1) is 5.52 Å². The molecule has 1 fully saturated rings. The molecule has 0 spiro atoms. The number of aromatic nitrogens is 1. The predicted octanol–water partition coefficient (Wildman–Crippen LogP) is 4.43. The molecule has 1 aliphatic rings. The number of hydrogen-bond acceptors (Lipinski definition) is 3. The van der Waals surface area contributed by atoms with Crippen molar-refractivity contribution < 1.29 is 0 Å². The third-order valence-corrected chi connectivity index (χ3v) is 4.38. The van der Waals surface area contributed by atoms with Crippen LogP contribution >= 0.6 is 11.5 Å². The summed E-state index contributed by atoms with van der Waals surface area (Å²) in [5.41, 5.74) is 1.12. The first-order chi connectivity index (χ1) is 8.43. The summed E-state index contributed by atoms with van der Waals surface area (Å²) in [6.07, 6.45) is 8.17. The van der Waals surface area contributed by atoms with E-state index in [1.165, 1.54) is 48.9 Å². The van der Waals surface area contributed by atoms with E-state index in [-0.39, 0.29) is 0 Å². The largest absolute Gasteiger partial charge is 0.372 e. The number of nitrogens with one attached hydrogen (secondary N) is 1. The van der Waals surface area contributed by atoms with E-state index in [0.717, 1.165) is 5.52 Å². The summed E-state index contributed by atoms with van der Waals surface area (Å²) >= 11 is 1.60. The normalized spacial score (nSPS) is 18.1. The second-order valence-corrected chi connectivity index (χ2v) is 5.64. The van der Waals surface area contributed by atoms with Crippen molar-refractivity contribution in [3.8, 4) is 0 Å². The first kappa shape index (κ1) is 11.0. The van der Waals surface area contributed by atoms with Crippen LogP contribution in [0.3, 0.4) is 0 Å². The van der Waals surface area contributed by atoms with E-state index in [2.05, 4.69) is 34.0 Å². The zero-order valence-electron chi connectivity index (χ0n) is 9.98. The molecule has 0 amide bonds. The number of rotatable bonds is 2. The van der Waals surface area contributed by atoms with Gasteiger partial charge >= 0.3 is 0 Å². The van der Waals surface area contributed by atoms with E-state index < -0.39 is 0 Å². The summed E-state index contributed by atoms with van der Waals surface area (Å²) < 4.78 is 4.49. The van der Waals surface area contributed by atoms with Gasteiger partial charge in [0.15, 0.2) is 0 Å². The molecular weight excluding hydrogens is 228 g/mol. The molecule has 0 saturated heterocycles. The van der Waals surface area contributed by atoms with Crippen LogP contribution < -0.4 is 5.32 Å². The molecule has 0 unspecified atom stereocenters. The monoisotopic (exact) mass is 246 g/mol. The first-order valence-electron chi connectivity index (χ1n) is 6.54. The summed E-state index contributed by atoms with van der Waals surface area (Å²) in [6, 6.07) is 9.05. The fourth-order valence-corrected chi connectivity index (χ4v) is 3.44. The highest BCUT2D eigenvalue weighted by molar-refractivity contribution is 7.11. The topological polar surface area (TPSA) is 24.9 Å². The second-order valence-electron chi connectivity index (χ2n) is 4.86. The average Bonchev–Trinajstić information content (AvgIpc) is 2.59. The highest BCUT2D eigenvalue weighted by Gasteiger charge is 2.14. The lowest BCUT2D eigenvalue weighted by molar-refractivity contribution is 0.622. The molecule has 1 heterocycles. The molecule has 90 valence electrons. The Labute approximate surface area is 106 Å². The minimum absolute atomic E-state index is 0.654. The van der Waals surface area contributed by atoms with Gasteiger partial charge in [-0.3, -0.25) is 0 Å². The Morgan fingerprint density at radius 1 is 1.06 bits per heavy atom. The van der Waals surface area contributed by atoms with Gasteiger partial charge in [-0.25, -0.2) is 0 Å². The van der Waals surface area contributed by atoms with Crippen molar-refractivity contribution in [2.75, 3.05) is 5.32 Å². The van der Waals surface area contributed by atoms with Gasteiger partial charge in [0.2, 0.25) is 0 Å². The molecule has 0 atom stereocenters. The van der Waals surface area contributed by atoms with E-state index >= 15 is 0 Å². The molecule has 3 heteroatoms. The molecule has 2 aromatic rings. The summed E-state index contributed by atoms with van der Waals surface area (Å²) in [5.74, 6) is 0. The van der Waals surface area contributed by atoms with E-state index in [1.54, 1.807) is 11.5 Å². The number of hydrogen-bond donors (Lipinski definition) is 1. The zero-order chi connectivity index (χ0) is 11.5. The Morgan fingerprint density at radius 2 is 1.82 bits per heavy atom. The van der Waals surface area contributed by atoms with Crippen LogP contribution in [-0.4, -0.2) is 10.4 Å². The molecule has 17 heavy (non-hydrogen) atoms. The van der Waals surface area contributed by atoms with Crippen LogP contribution in [0.4, 0.5) is 5.00 Å². The minimum atomic E-state index is 0.654. The van der Waals surface area contributed by atoms with Crippen LogP contribution in [0.2, 0.25) is 0 Å². The van der Waals surface area contributed by atoms with Crippen molar-refractivity contribution in [1.29, 1.82) is 0 Å². The second kappa shape index (κ2) is 5.05. The van der Waals surface area contributed by atoms with Crippen molar-refractivity contribution >= 4 is 27.4 Å². The molecule has 2 nitrogen and oxygen atoms in total. The molecule has 0 bridgehead atoms. The summed E-state index contributed by atoms with van der Waals surface area (Å²) in [7, 11) is 0. The minimum Gasteiger partial charge on any atom is -0.372 e. The van der Waals surface area contributed by atoms with Crippen LogP contribution in [0, 0.1) is 0 Å². The molecule has 3 rings (SSSR count). The van der Waals surface area contributed by atoms with Crippen LogP contribution in [0.25, 0.3) is 10.9 Å². The molecule has 1 aromatic heterocycles. The van der Waals surface area contributed by atoms with Crippen molar-refractivity contribution in [1.82, 2.24) is 4.37 Å². The molecule has 0 radical (unpaired) electrons. The van der Waals surface area contributed by atoms with Gasteiger partial charge in [0, 0.05) is 11.4 Å². The van der Waals surface area contributed by atoms with Crippen LogP contribution in [0.5, 0.6) is 0 Å². The van der Waals surface area contributed by atoms with Gasteiger partial charge in [-0.2, -0.15) is 4.37 Å².